The fourth-order valence-corrected chi connectivity index (χ4v) is 7.02. The number of nitrogens with one attached hydrogen (secondary N) is 2. The van der Waals surface area contributed by atoms with Crippen LogP contribution in [0.1, 0.15) is 61.2 Å². The Bertz CT molecular complexity index is 2180. The van der Waals surface area contributed by atoms with Crippen molar-refractivity contribution >= 4 is 40.2 Å². The Labute approximate surface area is 301 Å². The SMILES string of the molecule is CC(=O)c1nn(CC(=O)N2[C@H]3C[C@@]4(CNC(=O)C(C)(C)C=CCOCc5ccc(C(F)(F)F)nc5NC3=O)C[C@@H]24)c2cnc(-c3cnc(C)nc3)cc12. The summed E-state index contributed by atoms with van der Waals surface area (Å²) in [6.45, 7) is 6.23. The van der Waals surface area contributed by atoms with E-state index in [4.69, 9.17) is 4.74 Å². The lowest BCUT2D eigenvalue weighted by atomic mass is 9.91. The number of likely N-dealkylation sites (tertiary alicyclic amines) is 1. The van der Waals surface area contributed by atoms with Gasteiger partial charge in [0.2, 0.25) is 17.7 Å². The van der Waals surface area contributed by atoms with E-state index in [2.05, 4.69) is 35.7 Å². The molecule has 1 aliphatic carbocycles. The minimum absolute atomic E-state index is 0.0483. The van der Waals surface area contributed by atoms with Gasteiger partial charge in [-0.2, -0.15) is 18.3 Å². The smallest absolute Gasteiger partial charge is 0.373 e. The molecule has 3 aliphatic rings. The minimum Gasteiger partial charge on any atom is -0.373 e. The van der Waals surface area contributed by atoms with E-state index in [1.807, 2.05) is 0 Å². The lowest BCUT2D eigenvalue weighted by Gasteiger charge is -2.27. The molecule has 3 atom stereocenters. The summed E-state index contributed by atoms with van der Waals surface area (Å²) in [7, 11) is 0. The molecule has 6 heterocycles. The van der Waals surface area contributed by atoms with Crippen molar-refractivity contribution in [3.8, 4) is 11.3 Å². The number of fused-ring (bicyclic) bond motifs is 3. The third-order valence-corrected chi connectivity index (χ3v) is 10.0. The fraction of sp³-hybridized carbons (Fsp3) is 0.417. The number of hydrogen-bond donors (Lipinski definition) is 2. The maximum atomic E-state index is 14.3. The van der Waals surface area contributed by atoms with E-state index in [9.17, 15) is 32.3 Å². The number of halogens is 3. The first-order valence-corrected chi connectivity index (χ1v) is 17.0. The first kappa shape index (κ1) is 35.8. The van der Waals surface area contributed by atoms with Crippen LogP contribution in [0.15, 0.2) is 48.9 Å². The second kappa shape index (κ2) is 13.1. The quantitative estimate of drug-likeness (QED) is 0.230. The number of piperidine rings is 1. The van der Waals surface area contributed by atoms with E-state index in [1.54, 1.807) is 51.4 Å². The van der Waals surface area contributed by atoms with E-state index < -0.39 is 46.6 Å². The molecule has 17 heteroatoms. The predicted molar refractivity (Wildman–Crippen MR) is 183 cm³/mol. The van der Waals surface area contributed by atoms with Gasteiger partial charge in [0.1, 0.15) is 35.6 Å². The summed E-state index contributed by atoms with van der Waals surface area (Å²) in [5.41, 5.74) is -0.962. The molecule has 2 N–H and O–H groups in total. The third kappa shape index (κ3) is 6.88. The molecular formula is C36H36F3N9O5. The number of hydrogen-bond acceptors (Lipinski definition) is 10. The van der Waals surface area contributed by atoms with Gasteiger partial charge in [0.15, 0.2) is 5.78 Å². The van der Waals surface area contributed by atoms with Gasteiger partial charge in [-0.1, -0.05) is 18.2 Å². The van der Waals surface area contributed by atoms with Gasteiger partial charge >= 0.3 is 6.18 Å². The Morgan fingerprint density at radius 3 is 2.55 bits per heavy atom. The Morgan fingerprint density at radius 2 is 1.83 bits per heavy atom. The Balaban J connectivity index is 1.23. The third-order valence-electron chi connectivity index (χ3n) is 10.0. The van der Waals surface area contributed by atoms with Gasteiger partial charge in [-0.25, -0.2) is 15.0 Å². The summed E-state index contributed by atoms with van der Waals surface area (Å²) in [6, 6.07) is 2.09. The van der Waals surface area contributed by atoms with E-state index >= 15 is 0 Å². The van der Waals surface area contributed by atoms with Crippen LogP contribution >= 0.6 is 0 Å². The van der Waals surface area contributed by atoms with Crippen molar-refractivity contribution in [1.29, 1.82) is 0 Å². The number of aryl methyl sites for hydroxylation is 1. The Kier molecular flexibility index (Phi) is 8.87. The topological polar surface area (TPSA) is 174 Å². The number of alkyl halides is 3. The number of ether oxygens (including phenoxy) is 1. The largest absolute Gasteiger partial charge is 0.433 e. The number of aromatic nitrogens is 6. The number of ketones is 1. The van der Waals surface area contributed by atoms with Crippen LogP contribution < -0.4 is 10.6 Å². The van der Waals surface area contributed by atoms with Crippen molar-refractivity contribution in [2.24, 2.45) is 10.8 Å². The summed E-state index contributed by atoms with van der Waals surface area (Å²) >= 11 is 0. The number of pyridine rings is 2. The molecule has 4 aromatic heterocycles. The first-order chi connectivity index (χ1) is 25.1. The monoisotopic (exact) mass is 731 g/mol. The zero-order chi connectivity index (χ0) is 37.9. The number of rotatable bonds is 4. The molecule has 2 aliphatic heterocycles. The van der Waals surface area contributed by atoms with Crippen LogP contribution in [-0.2, 0) is 38.4 Å². The van der Waals surface area contributed by atoms with E-state index in [0.29, 0.717) is 34.4 Å². The second-order valence-electron chi connectivity index (χ2n) is 14.3. The first-order valence-electron chi connectivity index (χ1n) is 17.0. The molecule has 4 aromatic rings. The van der Waals surface area contributed by atoms with Gasteiger partial charge in [0.05, 0.1) is 36.0 Å². The average molecular weight is 732 g/mol. The second-order valence-corrected chi connectivity index (χ2v) is 14.3. The zero-order valence-electron chi connectivity index (χ0n) is 29.3. The summed E-state index contributed by atoms with van der Waals surface area (Å²) < 4.78 is 48.1. The van der Waals surface area contributed by atoms with Gasteiger partial charge in [0, 0.05) is 53.8 Å². The van der Waals surface area contributed by atoms with Crippen LogP contribution in [0.5, 0.6) is 0 Å². The highest BCUT2D eigenvalue weighted by atomic mass is 19.4. The number of Topliss-reactive ketones (excluding diaryl/α,β-unsaturated/α-hetero) is 1. The van der Waals surface area contributed by atoms with E-state index in [-0.39, 0.29) is 61.5 Å². The molecule has 7 rings (SSSR count). The molecule has 1 saturated carbocycles. The van der Waals surface area contributed by atoms with Crippen LogP contribution in [-0.4, -0.2) is 83.4 Å². The molecule has 276 valence electrons. The highest BCUT2D eigenvalue weighted by molar-refractivity contribution is 6.06. The Hall–Kier alpha value is -5.58. The summed E-state index contributed by atoms with van der Waals surface area (Å²) in [5, 5.41) is 10.4. The highest BCUT2D eigenvalue weighted by Crippen LogP contribution is 2.59. The number of carbonyl (C=O) groups is 4. The predicted octanol–water partition coefficient (Wildman–Crippen LogP) is 4.04. The van der Waals surface area contributed by atoms with Gasteiger partial charge in [-0.3, -0.25) is 28.8 Å². The number of nitrogens with zero attached hydrogens (tertiary/aromatic N) is 7. The molecule has 53 heavy (non-hydrogen) atoms. The lowest BCUT2D eigenvalue weighted by Crippen LogP contribution is -2.47. The van der Waals surface area contributed by atoms with Gasteiger partial charge in [-0.05, 0) is 45.7 Å². The van der Waals surface area contributed by atoms with Crippen LogP contribution in [0.3, 0.4) is 0 Å². The molecule has 0 aromatic carbocycles. The normalized spacial score (nSPS) is 22.9. The maximum absolute atomic E-state index is 14.3. The number of carbonyl (C=O) groups excluding carboxylic acids is 4. The molecule has 14 nitrogen and oxygen atoms in total. The van der Waals surface area contributed by atoms with Crippen molar-refractivity contribution in [2.45, 2.75) is 71.9 Å². The summed E-state index contributed by atoms with van der Waals surface area (Å²) in [4.78, 5) is 72.4. The van der Waals surface area contributed by atoms with Gasteiger partial charge in [0.25, 0.3) is 0 Å². The molecular weight excluding hydrogens is 695 g/mol. The van der Waals surface area contributed by atoms with Crippen molar-refractivity contribution in [3.63, 3.8) is 0 Å². The van der Waals surface area contributed by atoms with Gasteiger partial charge in [-0.15, -0.1) is 0 Å². The van der Waals surface area contributed by atoms with Crippen molar-refractivity contribution < 1.29 is 37.1 Å². The van der Waals surface area contributed by atoms with Crippen molar-refractivity contribution in [3.05, 3.63) is 71.7 Å². The maximum Gasteiger partial charge on any atom is 0.433 e. The number of amides is 3. The van der Waals surface area contributed by atoms with Crippen LogP contribution in [0.2, 0.25) is 0 Å². The Morgan fingerprint density at radius 1 is 1.08 bits per heavy atom. The molecule has 2 bridgehead atoms. The van der Waals surface area contributed by atoms with Crippen LogP contribution in [0, 0.1) is 17.8 Å². The molecule has 1 saturated heterocycles. The standard InChI is InChI=1S/C36H36F3N9O5/c1-19(49)30-23-10-24(22-13-40-20(2)41-14-22)42-15-26(23)47(46-30)16-29(50)48-25-11-35(12-28(35)48)18-43-33(52)34(3,4)8-5-9-53-17-21-6-7-27(36(37,38)39)44-31(21)45-32(25)51/h5-8,10,13-15,25,28H,9,11-12,16-18H2,1-4H3,(H,43,52)(H,44,45,51)/t25-,28+,35-/m0/s1. The average Bonchev–Trinajstić information content (AvgIpc) is 3.52. The summed E-state index contributed by atoms with van der Waals surface area (Å²) in [5.74, 6) is -1.61. The minimum atomic E-state index is -4.78. The van der Waals surface area contributed by atoms with E-state index in [0.717, 1.165) is 6.07 Å². The summed E-state index contributed by atoms with van der Waals surface area (Å²) in [6.07, 6.45) is 3.89. The van der Waals surface area contributed by atoms with Crippen LogP contribution in [0.4, 0.5) is 19.0 Å². The molecule has 1 spiro atoms. The molecule has 0 unspecified atom stereocenters. The molecule has 2 fully saturated rings. The fourth-order valence-electron chi connectivity index (χ4n) is 7.02. The van der Waals surface area contributed by atoms with Crippen molar-refractivity contribution in [2.75, 3.05) is 18.5 Å². The van der Waals surface area contributed by atoms with Crippen molar-refractivity contribution in [1.82, 2.24) is 39.9 Å². The van der Waals surface area contributed by atoms with Crippen LogP contribution in [0.25, 0.3) is 22.2 Å². The lowest BCUT2D eigenvalue weighted by molar-refractivity contribution is -0.141. The highest BCUT2D eigenvalue weighted by Gasteiger charge is 2.67. The zero-order valence-corrected chi connectivity index (χ0v) is 29.3. The molecule has 0 radical (unpaired) electrons. The molecule has 3 amide bonds. The number of anilines is 1. The van der Waals surface area contributed by atoms with Gasteiger partial charge < -0.3 is 20.3 Å². The van der Waals surface area contributed by atoms with E-state index in [1.165, 1.54) is 28.8 Å².